The van der Waals surface area contributed by atoms with Crippen LogP contribution < -0.4 is 5.69 Å². The zero-order valence-electron chi connectivity index (χ0n) is 15.8. The van der Waals surface area contributed by atoms with Gasteiger partial charge in [0.05, 0.1) is 11.0 Å². The molecule has 0 saturated carbocycles. The number of para-hydroxylation sites is 2. The number of aromatic nitrogens is 2. The largest absolute Gasteiger partial charge is 0.406 e. The summed E-state index contributed by atoms with van der Waals surface area (Å²) in [4.78, 5) is 25.9. The maximum Gasteiger partial charge on any atom is 0.406 e. The monoisotopic (exact) mass is 385 g/mol. The highest BCUT2D eigenvalue weighted by molar-refractivity contribution is 5.78. The Morgan fingerprint density at radius 3 is 2.15 bits per heavy atom. The smallest absolute Gasteiger partial charge is 0.334 e. The quantitative estimate of drug-likeness (QED) is 0.659. The molecular formula is C19H26F3N3O2. The van der Waals surface area contributed by atoms with Crippen LogP contribution in [0, 0.1) is 0 Å². The highest BCUT2D eigenvalue weighted by Crippen LogP contribution is 2.18. The fraction of sp³-hybridized carbons (Fsp3) is 0.579. The molecule has 0 bridgehead atoms. The highest BCUT2D eigenvalue weighted by atomic mass is 19.4. The first-order valence-corrected chi connectivity index (χ1v) is 9.31. The zero-order valence-corrected chi connectivity index (χ0v) is 15.8. The third-order valence-corrected chi connectivity index (χ3v) is 4.43. The normalized spacial score (nSPS) is 11.9. The third-order valence-electron chi connectivity index (χ3n) is 4.43. The lowest BCUT2D eigenvalue weighted by Gasteiger charge is -2.24. The number of imidazole rings is 1. The molecule has 0 atom stereocenters. The topological polar surface area (TPSA) is 47.2 Å². The van der Waals surface area contributed by atoms with E-state index in [0.29, 0.717) is 24.9 Å². The van der Waals surface area contributed by atoms with Gasteiger partial charge in [-0.2, -0.15) is 13.2 Å². The molecule has 0 aliphatic rings. The molecule has 2 rings (SSSR count). The molecule has 0 N–H and O–H groups in total. The number of carbonyl (C=O) groups is 1. The summed E-state index contributed by atoms with van der Waals surface area (Å²) in [5.41, 5.74) is 1.23. The number of benzene rings is 1. The van der Waals surface area contributed by atoms with E-state index in [1.807, 2.05) is 26.0 Å². The van der Waals surface area contributed by atoms with Crippen molar-refractivity contribution in [1.82, 2.24) is 14.0 Å². The Balaban J connectivity index is 2.20. The number of hydrogen-bond donors (Lipinski definition) is 0. The van der Waals surface area contributed by atoms with Gasteiger partial charge in [-0.15, -0.1) is 0 Å². The number of hydrogen-bond acceptors (Lipinski definition) is 2. The Kier molecular flexibility index (Phi) is 7.10. The number of amides is 1. The van der Waals surface area contributed by atoms with Crippen LogP contribution in [-0.2, 0) is 17.9 Å². The summed E-state index contributed by atoms with van der Waals surface area (Å²) in [5.74, 6) is -0.583. The fourth-order valence-electron chi connectivity index (χ4n) is 3.15. The van der Waals surface area contributed by atoms with Crippen molar-refractivity contribution < 1.29 is 18.0 Å². The van der Waals surface area contributed by atoms with Crippen LogP contribution in [0.15, 0.2) is 29.1 Å². The molecule has 2 aromatic rings. The molecule has 1 aromatic heterocycles. The second kappa shape index (κ2) is 9.10. The van der Waals surface area contributed by atoms with Crippen molar-refractivity contribution in [3.63, 3.8) is 0 Å². The molecule has 150 valence electrons. The van der Waals surface area contributed by atoms with E-state index < -0.39 is 18.6 Å². The second-order valence-corrected chi connectivity index (χ2v) is 6.61. The van der Waals surface area contributed by atoms with Crippen LogP contribution in [0.5, 0.6) is 0 Å². The average molecular weight is 385 g/mol. The second-order valence-electron chi connectivity index (χ2n) is 6.61. The van der Waals surface area contributed by atoms with Gasteiger partial charge >= 0.3 is 11.9 Å². The van der Waals surface area contributed by atoms with Crippen molar-refractivity contribution in [1.29, 1.82) is 0 Å². The minimum absolute atomic E-state index is 0.0649. The van der Waals surface area contributed by atoms with Gasteiger partial charge in [0, 0.05) is 26.1 Å². The van der Waals surface area contributed by atoms with Gasteiger partial charge in [-0.05, 0) is 25.0 Å². The minimum Gasteiger partial charge on any atom is -0.334 e. The summed E-state index contributed by atoms with van der Waals surface area (Å²) < 4.78 is 41.4. The summed E-state index contributed by atoms with van der Waals surface area (Å²) in [6.45, 7) is 3.26. The summed E-state index contributed by atoms with van der Waals surface area (Å²) in [7, 11) is 0. The van der Waals surface area contributed by atoms with Crippen molar-refractivity contribution in [3.8, 4) is 0 Å². The lowest BCUT2D eigenvalue weighted by Crippen LogP contribution is -2.40. The number of nitrogens with zero attached hydrogens (tertiary/aromatic N) is 3. The molecule has 0 aliphatic heterocycles. The van der Waals surface area contributed by atoms with Crippen LogP contribution in [0.3, 0.4) is 0 Å². The van der Waals surface area contributed by atoms with Gasteiger partial charge in [-0.25, -0.2) is 4.79 Å². The fourth-order valence-corrected chi connectivity index (χ4v) is 3.15. The predicted octanol–water partition coefficient (Wildman–Crippen LogP) is 3.79. The lowest BCUT2D eigenvalue weighted by molar-refractivity contribution is -0.161. The van der Waals surface area contributed by atoms with Gasteiger partial charge in [0.15, 0.2) is 0 Å². The van der Waals surface area contributed by atoms with Crippen LogP contribution >= 0.6 is 0 Å². The van der Waals surface area contributed by atoms with Crippen molar-refractivity contribution >= 4 is 16.9 Å². The number of alkyl halides is 3. The van der Waals surface area contributed by atoms with Crippen LogP contribution in [0.2, 0.25) is 0 Å². The first-order valence-electron chi connectivity index (χ1n) is 9.31. The molecule has 1 aromatic carbocycles. The van der Waals surface area contributed by atoms with Crippen molar-refractivity contribution in [3.05, 3.63) is 34.7 Å². The van der Waals surface area contributed by atoms with E-state index in [-0.39, 0.29) is 25.2 Å². The molecule has 0 saturated heterocycles. The van der Waals surface area contributed by atoms with Crippen LogP contribution in [0.1, 0.15) is 39.5 Å². The van der Waals surface area contributed by atoms with Crippen molar-refractivity contribution in [2.75, 3.05) is 13.1 Å². The van der Waals surface area contributed by atoms with Gasteiger partial charge in [0.1, 0.15) is 6.54 Å². The van der Waals surface area contributed by atoms with Gasteiger partial charge in [0.25, 0.3) is 0 Å². The number of unbranched alkanes of at least 4 members (excludes halogenated alkanes) is 1. The lowest BCUT2D eigenvalue weighted by atomic mass is 10.2. The van der Waals surface area contributed by atoms with Gasteiger partial charge in [0.2, 0.25) is 5.91 Å². The number of rotatable bonds is 9. The maximum absolute atomic E-state index is 12.8. The van der Waals surface area contributed by atoms with Crippen LogP contribution in [-0.4, -0.2) is 39.2 Å². The predicted molar refractivity (Wildman–Crippen MR) is 98.6 cm³/mol. The van der Waals surface area contributed by atoms with E-state index >= 15 is 0 Å². The van der Waals surface area contributed by atoms with E-state index in [1.54, 1.807) is 16.7 Å². The molecule has 0 radical (unpaired) electrons. The third kappa shape index (κ3) is 5.37. The van der Waals surface area contributed by atoms with Gasteiger partial charge in [-0.1, -0.05) is 32.4 Å². The van der Waals surface area contributed by atoms with E-state index in [2.05, 4.69) is 0 Å². The SMILES string of the molecule is CCCCN(CC(F)(F)F)C(=O)CCn1c(=O)n(CCC)c2ccccc21. The molecule has 0 aliphatic carbocycles. The first kappa shape index (κ1) is 21.1. The Labute approximate surface area is 156 Å². The molecule has 8 heteroatoms. The molecule has 0 spiro atoms. The van der Waals surface area contributed by atoms with Crippen molar-refractivity contribution in [2.45, 2.75) is 58.8 Å². The Bertz CT molecular complexity index is 824. The maximum atomic E-state index is 12.8. The Hall–Kier alpha value is -2.25. The van der Waals surface area contributed by atoms with E-state index in [4.69, 9.17) is 0 Å². The molecule has 0 fully saturated rings. The Morgan fingerprint density at radius 1 is 1.04 bits per heavy atom. The summed E-state index contributed by atoms with van der Waals surface area (Å²) in [6, 6.07) is 7.26. The molecule has 0 unspecified atom stereocenters. The summed E-state index contributed by atoms with van der Waals surface area (Å²) >= 11 is 0. The Morgan fingerprint density at radius 2 is 1.63 bits per heavy atom. The molecule has 5 nitrogen and oxygen atoms in total. The molecular weight excluding hydrogens is 359 g/mol. The van der Waals surface area contributed by atoms with E-state index in [0.717, 1.165) is 16.8 Å². The molecule has 1 heterocycles. The first-order chi connectivity index (χ1) is 12.8. The average Bonchev–Trinajstić information content (AvgIpc) is 2.88. The number of aryl methyl sites for hydroxylation is 2. The van der Waals surface area contributed by atoms with Crippen molar-refractivity contribution in [2.24, 2.45) is 0 Å². The van der Waals surface area contributed by atoms with Crippen LogP contribution in [0.4, 0.5) is 13.2 Å². The van der Waals surface area contributed by atoms with E-state index in [9.17, 15) is 22.8 Å². The van der Waals surface area contributed by atoms with Crippen LogP contribution in [0.25, 0.3) is 11.0 Å². The number of fused-ring (bicyclic) bond motifs is 1. The van der Waals surface area contributed by atoms with Gasteiger partial charge in [-0.3, -0.25) is 13.9 Å². The van der Waals surface area contributed by atoms with E-state index in [1.165, 1.54) is 4.57 Å². The number of halogens is 3. The van der Waals surface area contributed by atoms with Gasteiger partial charge < -0.3 is 4.90 Å². The summed E-state index contributed by atoms with van der Waals surface area (Å²) in [6.07, 6.45) is -2.58. The highest BCUT2D eigenvalue weighted by Gasteiger charge is 2.32. The minimum atomic E-state index is -4.43. The summed E-state index contributed by atoms with van der Waals surface area (Å²) in [5, 5.41) is 0. The molecule has 1 amide bonds. The standard InChI is InChI=1S/C19H26F3N3O2/c1-3-5-12-23(14-19(20,21)22)17(26)10-13-25-16-9-7-6-8-15(16)24(11-4-2)18(25)27/h6-9H,3-5,10-14H2,1-2H3. The zero-order chi connectivity index (χ0) is 20.0. The number of carbonyl (C=O) groups excluding carboxylic acids is 1. The molecule has 27 heavy (non-hydrogen) atoms.